The average Bonchev–Trinajstić information content (AvgIpc) is 3.06. The van der Waals surface area contributed by atoms with Crippen LogP contribution in [-0.2, 0) is 9.59 Å². The molecule has 2 rings (SSSR count). The molecule has 3 atom stereocenters. The molecule has 160 valence electrons. The van der Waals surface area contributed by atoms with Gasteiger partial charge in [0.1, 0.15) is 0 Å². The highest BCUT2D eigenvalue weighted by Crippen LogP contribution is 2.31. The summed E-state index contributed by atoms with van der Waals surface area (Å²) in [7, 11) is 0. The number of ketones is 1. The van der Waals surface area contributed by atoms with E-state index in [0.29, 0.717) is 24.4 Å². The van der Waals surface area contributed by atoms with Gasteiger partial charge in [0.2, 0.25) is 5.91 Å². The van der Waals surface area contributed by atoms with Crippen molar-refractivity contribution in [2.45, 2.75) is 57.5 Å². The predicted molar refractivity (Wildman–Crippen MR) is 114 cm³/mol. The summed E-state index contributed by atoms with van der Waals surface area (Å²) in [6, 6.07) is 7.39. The maximum Gasteiger partial charge on any atom is 0.243 e. The minimum Gasteiger partial charge on any atom is -0.391 e. The fourth-order valence-electron chi connectivity index (χ4n) is 3.72. The average molecular weight is 423 g/mol. The Labute approximate surface area is 177 Å². The molecule has 0 aromatic heterocycles. The van der Waals surface area contributed by atoms with Crippen LogP contribution in [0, 0.1) is 11.8 Å². The van der Waals surface area contributed by atoms with Gasteiger partial charge in [0, 0.05) is 29.6 Å². The lowest BCUT2D eigenvalue weighted by Gasteiger charge is -2.20. The molecule has 0 bridgehead atoms. The van der Waals surface area contributed by atoms with E-state index in [4.69, 9.17) is 16.8 Å². The Bertz CT molecular complexity index is 695. The molecule has 2 unspecified atom stereocenters. The number of allylic oxidation sites excluding steroid dienone is 2. The number of carbonyl (C=O) groups is 2. The fourth-order valence-corrected chi connectivity index (χ4v) is 3.91. The van der Waals surface area contributed by atoms with Gasteiger partial charge in [-0.15, -0.1) is 0 Å². The van der Waals surface area contributed by atoms with E-state index in [-0.39, 0.29) is 23.5 Å². The van der Waals surface area contributed by atoms with Gasteiger partial charge in [0.25, 0.3) is 0 Å². The maximum absolute atomic E-state index is 12.2. The Morgan fingerprint density at radius 1 is 1.17 bits per heavy atom. The molecule has 29 heavy (non-hydrogen) atoms. The molecule has 0 radical (unpaired) electrons. The first-order valence-electron chi connectivity index (χ1n) is 10.3. The minimum absolute atomic E-state index is 0.00355. The number of rotatable bonds is 13. The zero-order valence-corrected chi connectivity index (χ0v) is 17.4. The highest BCUT2D eigenvalue weighted by Gasteiger charge is 2.29. The first kappa shape index (κ1) is 23.4. The Kier molecular flexibility index (Phi) is 10.2. The fraction of sp³-hybridized carbons (Fsp3) is 0.545. The second-order valence-corrected chi connectivity index (χ2v) is 8.08. The smallest absolute Gasteiger partial charge is 0.243 e. The standard InChI is InChI=1S/C22H31ClN2O4/c23-17-6-5-7-18(14-17)24-15-19(26)12-10-16-11-13-21(27)20(16)8-3-1-2-4-9-22(28)25-29/h5-7,11,13-14,16,19-20,24,26,29H,1-4,8-10,12,15H2,(H,25,28)/t16-,19?,20?/m0/s1. The van der Waals surface area contributed by atoms with Crippen molar-refractivity contribution in [1.82, 2.24) is 5.48 Å². The summed E-state index contributed by atoms with van der Waals surface area (Å²) in [5.41, 5.74) is 2.51. The third kappa shape index (κ3) is 8.56. The van der Waals surface area contributed by atoms with Gasteiger partial charge in [-0.25, -0.2) is 5.48 Å². The Hall–Kier alpha value is -1.89. The van der Waals surface area contributed by atoms with E-state index in [1.165, 1.54) is 0 Å². The van der Waals surface area contributed by atoms with E-state index >= 15 is 0 Å². The largest absolute Gasteiger partial charge is 0.391 e. The molecule has 1 aliphatic rings. The lowest BCUT2D eigenvalue weighted by Crippen LogP contribution is -2.22. The van der Waals surface area contributed by atoms with Crippen LogP contribution in [0.15, 0.2) is 36.4 Å². The molecule has 7 heteroatoms. The zero-order valence-electron chi connectivity index (χ0n) is 16.6. The Morgan fingerprint density at radius 3 is 2.72 bits per heavy atom. The van der Waals surface area contributed by atoms with Gasteiger partial charge in [0.05, 0.1) is 6.10 Å². The summed E-state index contributed by atoms with van der Waals surface area (Å²) < 4.78 is 0. The van der Waals surface area contributed by atoms with Gasteiger partial charge in [-0.2, -0.15) is 0 Å². The number of amides is 1. The van der Waals surface area contributed by atoms with E-state index in [9.17, 15) is 14.7 Å². The number of nitrogens with one attached hydrogen (secondary N) is 2. The lowest BCUT2D eigenvalue weighted by atomic mass is 9.85. The number of hydrogen-bond donors (Lipinski definition) is 4. The first-order chi connectivity index (χ1) is 14.0. The summed E-state index contributed by atoms with van der Waals surface area (Å²) >= 11 is 5.96. The summed E-state index contributed by atoms with van der Waals surface area (Å²) in [5, 5.41) is 22.6. The predicted octanol–water partition coefficient (Wildman–Crippen LogP) is 4.11. The van der Waals surface area contributed by atoms with Crippen molar-refractivity contribution in [3.63, 3.8) is 0 Å². The van der Waals surface area contributed by atoms with Crippen LogP contribution in [0.3, 0.4) is 0 Å². The maximum atomic E-state index is 12.2. The molecule has 1 amide bonds. The number of hydroxylamine groups is 1. The summed E-state index contributed by atoms with van der Waals surface area (Å²) in [6.07, 6.45) is 9.27. The van der Waals surface area contributed by atoms with Crippen molar-refractivity contribution in [3.8, 4) is 0 Å². The highest BCUT2D eigenvalue weighted by atomic mass is 35.5. The van der Waals surface area contributed by atoms with Gasteiger partial charge >= 0.3 is 0 Å². The number of aliphatic hydroxyl groups excluding tert-OH is 1. The van der Waals surface area contributed by atoms with Crippen LogP contribution in [0.4, 0.5) is 5.69 Å². The first-order valence-corrected chi connectivity index (χ1v) is 10.7. The van der Waals surface area contributed by atoms with Crippen molar-refractivity contribution in [1.29, 1.82) is 0 Å². The van der Waals surface area contributed by atoms with Crippen LogP contribution < -0.4 is 10.8 Å². The molecule has 0 spiro atoms. The molecule has 0 saturated heterocycles. The molecule has 4 N–H and O–H groups in total. The molecule has 0 saturated carbocycles. The van der Waals surface area contributed by atoms with Gasteiger partial charge in [-0.3, -0.25) is 14.8 Å². The molecule has 0 aliphatic heterocycles. The van der Waals surface area contributed by atoms with Gasteiger partial charge in [-0.1, -0.05) is 43.0 Å². The van der Waals surface area contributed by atoms with Crippen molar-refractivity contribution in [3.05, 3.63) is 41.4 Å². The van der Waals surface area contributed by atoms with E-state index in [1.807, 2.05) is 24.3 Å². The Morgan fingerprint density at radius 2 is 1.97 bits per heavy atom. The van der Waals surface area contributed by atoms with Crippen LogP contribution in [0.1, 0.15) is 51.4 Å². The third-order valence-electron chi connectivity index (χ3n) is 5.38. The van der Waals surface area contributed by atoms with Gasteiger partial charge in [0.15, 0.2) is 5.78 Å². The minimum atomic E-state index is -0.489. The summed E-state index contributed by atoms with van der Waals surface area (Å²) in [4.78, 5) is 23.1. The molecule has 1 aromatic rings. The van der Waals surface area contributed by atoms with E-state index < -0.39 is 6.10 Å². The topological polar surface area (TPSA) is 98.7 Å². The van der Waals surface area contributed by atoms with Crippen molar-refractivity contribution >= 4 is 29.0 Å². The molecule has 6 nitrogen and oxygen atoms in total. The number of benzene rings is 1. The van der Waals surface area contributed by atoms with Gasteiger partial charge < -0.3 is 10.4 Å². The van der Waals surface area contributed by atoms with Crippen LogP contribution >= 0.6 is 11.6 Å². The number of carbonyl (C=O) groups excluding carboxylic acids is 2. The number of anilines is 1. The van der Waals surface area contributed by atoms with Crippen LogP contribution in [-0.4, -0.2) is 34.7 Å². The van der Waals surface area contributed by atoms with Crippen molar-refractivity contribution in [2.75, 3.05) is 11.9 Å². The highest BCUT2D eigenvalue weighted by molar-refractivity contribution is 6.30. The lowest BCUT2D eigenvalue weighted by molar-refractivity contribution is -0.129. The second-order valence-electron chi connectivity index (χ2n) is 7.64. The summed E-state index contributed by atoms with van der Waals surface area (Å²) in [5.74, 6) is 0.0113. The molecule has 1 aromatic carbocycles. The second kappa shape index (κ2) is 12.6. The van der Waals surface area contributed by atoms with E-state index in [1.54, 1.807) is 17.6 Å². The molecule has 1 aliphatic carbocycles. The number of hydrogen-bond acceptors (Lipinski definition) is 5. The number of halogens is 1. The number of unbranched alkanes of at least 4 members (excludes halogenated alkanes) is 3. The molecular formula is C22H31ClN2O4. The SMILES string of the molecule is O=C(CCCCCCC1C(=O)C=C[C@@H]1CCC(O)CNc1cccc(Cl)c1)NO. The quantitative estimate of drug-likeness (QED) is 0.218. The monoisotopic (exact) mass is 422 g/mol. The van der Waals surface area contributed by atoms with E-state index in [0.717, 1.165) is 44.2 Å². The molecular weight excluding hydrogens is 392 g/mol. The normalized spacial score (nSPS) is 19.3. The molecule has 0 heterocycles. The molecule has 0 fully saturated rings. The Balaban J connectivity index is 1.64. The zero-order chi connectivity index (χ0) is 21.1. The van der Waals surface area contributed by atoms with E-state index in [2.05, 4.69) is 5.32 Å². The number of aliphatic hydroxyl groups is 1. The van der Waals surface area contributed by atoms with Crippen LogP contribution in [0.5, 0.6) is 0 Å². The summed E-state index contributed by atoms with van der Waals surface area (Å²) in [6.45, 7) is 0.441. The van der Waals surface area contributed by atoms with Crippen LogP contribution in [0.2, 0.25) is 5.02 Å². The van der Waals surface area contributed by atoms with Crippen molar-refractivity contribution in [2.24, 2.45) is 11.8 Å². The van der Waals surface area contributed by atoms with Crippen LogP contribution in [0.25, 0.3) is 0 Å². The third-order valence-corrected chi connectivity index (χ3v) is 5.62. The van der Waals surface area contributed by atoms with Crippen molar-refractivity contribution < 1.29 is 19.9 Å². The van der Waals surface area contributed by atoms with Gasteiger partial charge in [-0.05, 0) is 55.9 Å².